The Morgan fingerprint density at radius 1 is 1.08 bits per heavy atom. The minimum absolute atomic E-state index is 0.0836. The molecule has 3 aromatic carbocycles. The highest BCUT2D eigenvalue weighted by Crippen LogP contribution is 2.33. The van der Waals surface area contributed by atoms with E-state index in [1.807, 2.05) is 43.4 Å². The molecule has 0 fully saturated rings. The first-order chi connectivity index (χ1) is 18.2. The van der Waals surface area contributed by atoms with Gasteiger partial charge in [0.25, 0.3) is 0 Å². The first-order valence-electron chi connectivity index (χ1n) is 12.4. The molecule has 0 radical (unpaired) electrons. The van der Waals surface area contributed by atoms with E-state index < -0.39 is 10.0 Å². The third-order valence-corrected chi connectivity index (χ3v) is 9.45. The molecule has 1 aromatic heterocycles. The van der Waals surface area contributed by atoms with E-state index in [1.165, 1.54) is 17.0 Å². The molecule has 0 spiro atoms. The van der Waals surface area contributed by atoms with E-state index in [-0.39, 0.29) is 29.7 Å². The summed E-state index contributed by atoms with van der Waals surface area (Å²) in [6, 6.07) is 16.6. The summed E-state index contributed by atoms with van der Waals surface area (Å²) in [5, 5.41) is 8.72. The molecule has 0 N–H and O–H groups in total. The van der Waals surface area contributed by atoms with E-state index >= 15 is 0 Å². The number of hydrogen-bond donors (Lipinski definition) is 0. The lowest BCUT2D eigenvalue weighted by molar-refractivity contribution is -0.140. The molecule has 5 rings (SSSR count). The lowest BCUT2D eigenvalue weighted by Crippen LogP contribution is -2.27. The van der Waals surface area contributed by atoms with Gasteiger partial charge in [0.05, 0.1) is 23.9 Å². The fourth-order valence-electron chi connectivity index (χ4n) is 5.10. The molecule has 0 amide bonds. The number of methoxy groups -OCH3 is 1. The summed E-state index contributed by atoms with van der Waals surface area (Å²) in [5.74, 6) is -0.703. The third kappa shape index (κ3) is 5.06. The Balaban J connectivity index is 1.47. The van der Waals surface area contributed by atoms with Crippen molar-refractivity contribution in [3.63, 3.8) is 0 Å². The number of sulfonamides is 1. The fourth-order valence-corrected chi connectivity index (χ4v) is 6.48. The first kappa shape index (κ1) is 26.3. The van der Waals surface area contributed by atoms with Gasteiger partial charge in [-0.25, -0.2) is 13.1 Å². The number of aromatic nitrogens is 3. The van der Waals surface area contributed by atoms with E-state index in [2.05, 4.69) is 10.3 Å². The predicted octanol–water partition coefficient (Wildman–Crippen LogP) is 4.63. The number of esters is 1. The Morgan fingerprint density at radius 2 is 1.82 bits per heavy atom. The molecule has 8 nitrogen and oxygen atoms in total. The molecule has 0 bridgehead atoms. The van der Waals surface area contributed by atoms with E-state index in [0.29, 0.717) is 16.1 Å². The number of fused-ring (bicyclic) bond motifs is 2. The van der Waals surface area contributed by atoms with Crippen LogP contribution in [0, 0.1) is 0 Å². The zero-order chi connectivity index (χ0) is 27.0. The Hall–Kier alpha value is -3.27. The lowest BCUT2D eigenvalue weighted by Gasteiger charge is -2.21. The zero-order valence-corrected chi connectivity index (χ0v) is 23.1. The Kier molecular flexibility index (Phi) is 7.26. The van der Waals surface area contributed by atoms with Crippen LogP contribution in [0.3, 0.4) is 0 Å². The van der Waals surface area contributed by atoms with Gasteiger partial charge in [0.15, 0.2) is 0 Å². The molecule has 4 aromatic rings. The fraction of sp³-hybridized carbons (Fsp3) is 0.321. The zero-order valence-electron chi connectivity index (χ0n) is 21.5. The SMILES string of the molecule is COC(=O)CC(c1ccc(Cl)c(CN(C)S(=O)(=O)c2ccc3c(c2)CCC3)c1)c1ccc2c(c1)nnn2C. The van der Waals surface area contributed by atoms with E-state index in [1.54, 1.807) is 29.9 Å². The topological polar surface area (TPSA) is 94.4 Å². The maximum absolute atomic E-state index is 13.4. The van der Waals surface area contributed by atoms with Crippen LogP contribution >= 0.6 is 11.6 Å². The number of aryl methyl sites for hydroxylation is 3. The average molecular weight is 553 g/mol. The quantitative estimate of drug-likeness (QED) is 0.296. The van der Waals surface area contributed by atoms with Gasteiger partial charge in [0.1, 0.15) is 5.52 Å². The third-order valence-electron chi connectivity index (χ3n) is 7.28. The van der Waals surface area contributed by atoms with Crippen molar-refractivity contribution in [3.05, 3.63) is 87.4 Å². The molecule has 198 valence electrons. The summed E-state index contributed by atoms with van der Waals surface area (Å²) in [7, 11) is 1.01. The molecule has 0 saturated carbocycles. The van der Waals surface area contributed by atoms with Crippen LogP contribution in [0.2, 0.25) is 5.02 Å². The van der Waals surface area contributed by atoms with Gasteiger partial charge in [-0.05, 0) is 77.4 Å². The van der Waals surface area contributed by atoms with E-state index in [9.17, 15) is 13.2 Å². The molecular formula is C28H29ClN4O4S. The minimum Gasteiger partial charge on any atom is -0.469 e. The molecule has 10 heteroatoms. The smallest absolute Gasteiger partial charge is 0.306 e. The van der Waals surface area contributed by atoms with Gasteiger partial charge < -0.3 is 4.74 Å². The summed E-state index contributed by atoms with van der Waals surface area (Å²) in [5.41, 5.74) is 6.25. The number of hydrogen-bond acceptors (Lipinski definition) is 6. The molecule has 1 atom stereocenters. The molecule has 38 heavy (non-hydrogen) atoms. The lowest BCUT2D eigenvalue weighted by atomic mass is 9.87. The normalized spacial score (nSPS) is 14.1. The number of benzene rings is 3. The monoisotopic (exact) mass is 552 g/mol. The van der Waals surface area contributed by atoms with Crippen molar-refractivity contribution in [1.82, 2.24) is 19.3 Å². The van der Waals surface area contributed by atoms with Crippen molar-refractivity contribution in [2.45, 2.75) is 43.0 Å². The van der Waals surface area contributed by atoms with Gasteiger partial charge in [0, 0.05) is 31.6 Å². The van der Waals surface area contributed by atoms with Crippen LogP contribution in [0.5, 0.6) is 0 Å². The summed E-state index contributed by atoms with van der Waals surface area (Å²) in [6.45, 7) is 0.0836. The number of rotatable bonds is 8. The van der Waals surface area contributed by atoms with Crippen molar-refractivity contribution in [3.8, 4) is 0 Å². The highest BCUT2D eigenvalue weighted by atomic mass is 35.5. The minimum atomic E-state index is -3.72. The van der Waals surface area contributed by atoms with Gasteiger partial charge >= 0.3 is 5.97 Å². The second kappa shape index (κ2) is 10.5. The summed E-state index contributed by atoms with van der Waals surface area (Å²) >= 11 is 6.54. The van der Waals surface area contributed by atoms with E-state index in [0.717, 1.165) is 41.5 Å². The largest absolute Gasteiger partial charge is 0.469 e. The molecule has 1 aliphatic rings. The van der Waals surface area contributed by atoms with Gasteiger partial charge in [-0.2, -0.15) is 4.31 Å². The summed E-state index contributed by atoms with van der Waals surface area (Å²) in [6.07, 6.45) is 3.04. The van der Waals surface area contributed by atoms with Crippen LogP contribution in [0.1, 0.15) is 46.6 Å². The Bertz CT molecular complexity index is 1630. The first-order valence-corrected chi connectivity index (χ1v) is 14.2. The average Bonchev–Trinajstić information content (AvgIpc) is 3.54. The second-order valence-electron chi connectivity index (χ2n) is 9.69. The van der Waals surface area contributed by atoms with Crippen LogP contribution in [0.4, 0.5) is 0 Å². The molecule has 0 aliphatic heterocycles. The van der Waals surface area contributed by atoms with Gasteiger partial charge in [0.2, 0.25) is 10.0 Å². The Labute approximate surface area is 227 Å². The number of nitrogens with zero attached hydrogens (tertiary/aromatic N) is 4. The van der Waals surface area contributed by atoms with Crippen molar-refractivity contribution in [1.29, 1.82) is 0 Å². The molecule has 1 heterocycles. The molecular weight excluding hydrogens is 524 g/mol. The number of ether oxygens (including phenoxy) is 1. The van der Waals surface area contributed by atoms with Crippen LogP contribution in [-0.4, -0.2) is 47.8 Å². The van der Waals surface area contributed by atoms with Crippen LogP contribution in [0.25, 0.3) is 11.0 Å². The van der Waals surface area contributed by atoms with Crippen molar-refractivity contribution in [2.24, 2.45) is 7.05 Å². The van der Waals surface area contributed by atoms with Gasteiger partial charge in [-0.1, -0.05) is 41.1 Å². The molecule has 1 aliphatic carbocycles. The summed E-state index contributed by atoms with van der Waals surface area (Å²) < 4.78 is 34.8. The van der Waals surface area contributed by atoms with E-state index in [4.69, 9.17) is 16.3 Å². The highest BCUT2D eigenvalue weighted by molar-refractivity contribution is 7.89. The maximum atomic E-state index is 13.4. The van der Waals surface area contributed by atoms with Crippen LogP contribution < -0.4 is 0 Å². The van der Waals surface area contributed by atoms with Crippen LogP contribution in [0.15, 0.2) is 59.5 Å². The Morgan fingerprint density at radius 3 is 2.61 bits per heavy atom. The maximum Gasteiger partial charge on any atom is 0.306 e. The second-order valence-corrected chi connectivity index (χ2v) is 12.1. The van der Waals surface area contributed by atoms with Crippen molar-refractivity contribution >= 4 is 38.6 Å². The standard InChI is InChI=1S/C28H29ClN4O4S/c1-32(38(35,36)23-10-7-18-5-4-6-19(18)14-23)17-22-13-20(8-11-25(22)29)24(16-28(34)37-3)21-9-12-27-26(15-21)30-31-33(27)2/h7-15,24H,4-6,16-17H2,1-3H3. The summed E-state index contributed by atoms with van der Waals surface area (Å²) in [4.78, 5) is 12.7. The molecule has 1 unspecified atom stereocenters. The number of carbonyl (C=O) groups is 1. The highest BCUT2D eigenvalue weighted by Gasteiger charge is 2.25. The van der Waals surface area contributed by atoms with Gasteiger partial charge in [-0.3, -0.25) is 4.79 Å². The van der Waals surface area contributed by atoms with Crippen molar-refractivity contribution < 1.29 is 17.9 Å². The van der Waals surface area contributed by atoms with Gasteiger partial charge in [-0.15, -0.1) is 5.10 Å². The molecule has 0 saturated heterocycles. The van der Waals surface area contributed by atoms with Crippen LogP contribution in [-0.2, 0) is 46.0 Å². The number of halogens is 1. The number of carbonyl (C=O) groups excluding carboxylic acids is 1. The van der Waals surface area contributed by atoms with Crippen molar-refractivity contribution in [2.75, 3.05) is 14.2 Å². The predicted molar refractivity (Wildman–Crippen MR) is 146 cm³/mol.